The molecule has 1 aromatic carbocycles. The molecule has 0 unspecified atom stereocenters. The van der Waals surface area contributed by atoms with E-state index in [0.29, 0.717) is 35.7 Å². The average molecular weight is 313 g/mol. The fraction of sp³-hybridized carbons (Fsp3) is 0.524. The summed E-state index contributed by atoms with van der Waals surface area (Å²) in [6, 6.07) is 9.06. The van der Waals surface area contributed by atoms with Gasteiger partial charge in [-0.25, -0.2) is 4.39 Å². The van der Waals surface area contributed by atoms with E-state index in [-0.39, 0.29) is 0 Å². The van der Waals surface area contributed by atoms with Gasteiger partial charge in [-0.1, -0.05) is 30.3 Å². The normalized spacial score (nSPS) is 30.4. The van der Waals surface area contributed by atoms with E-state index >= 15 is 0 Å². The summed E-state index contributed by atoms with van der Waals surface area (Å²) < 4.78 is 12.6. The fourth-order valence-corrected chi connectivity index (χ4v) is 4.48. The van der Waals surface area contributed by atoms with Gasteiger partial charge >= 0.3 is 0 Å². The summed E-state index contributed by atoms with van der Waals surface area (Å²) in [6.45, 7) is 4.38. The van der Waals surface area contributed by atoms with E-state index < -0.39 is 0 Å². The van der Waals surface area contributed by atoms with Gasteiger partial charge in [-0.05, 0) is 78.9 Å². The Kier molecular flexibility index (Phi) is 4.72. The molecule has 124 valence electrons. The standard InChI is InChI=1S/C21H28FN/c1-2-20-9-12-21(13-10-20,14-11-20)19-7-5-17(6-8-19)3-4-18(15-22)16-23/h2,5-8,15H,1,3-4,9-14,16,23H2/b18-15-. The van der Waals surface area contributed by atoms with Gasteiger partial charge in [0.2, 0.25) is 0 Å². The topological polar surface area (TPSA) is 26.0 Å². The van der Waals surface area contributed by atoms with Crippen molar-refractivity contribution in [1.29, 1.82) is 0 Å². The van der Waals surface area contributed by atoms with Crippen molar-refractivity contribution in [2.45, 2.75) is 56.8 Å². The van der Waals surface area contributed by atoms with Crippen molar-refractivity contribution in [2.24, 2.45) is 11.1 Å². The summed E-state index contributed by atoms with van der Waals surface area (Å²) in [6.07, 6.45) is 12.2. The Labute approximate surface area is 139 Å². The number of hydrogen-bond acceptors (Lipinski definition) is 1. The molecule has 3 saturated carbocycles. The number of allylic oxidation sites excluding steroid dienone is 1. The van der Waals surface area contributed by atoms with Crippen LogP contribution in [0.2, 0.25) is 0 Å². The number of nitrogens with two attached hydrogens (primary N) is 1. The van der Waals surface area contributed by atoms with Crippen LogP contribution in [0.4, 0.5) is 4.39 Å². The predicted molar refractivity (Wildman–Crippen MR) is 95.0 cm³/mol. The van der Waals surface area contributed by atoms with Crippen molar-refractivity contribution in [3.63, 3.8) is 0 Å². The molecule has 0 spiro atoms. The monoisotopic (exact) mass is 313 g/mol. The first-order valence-corrected chi connectivity index (χ1v) is 8.87. The van der Waals surface area contributed by atoms with Crippen molar-refractivity contribution in [2.75, 3.05) is 6.54 Å². The molecule has 23 heavy (non-hydrogen) atoms. The van der Waals surface area contributed by atoms with Crippen molar-refractivity contribution in [3.05, 3.63) is 60.0 Å². The minimum absolute atomic E-state index is 0.308. The molecule has 4 rings (SSSR count). The molecule has 0 heterocycles. The maximum Gasteiger partial charge on any atom is 0.0871 e. The van der Waals surface area contributed by atoms with Crippen LogP contribution < -0.4 is 5.73 Å². The molecule has 0 saturated heterocycles. The van der Waals surface area contributed by atoms with E-state index in [1.807, 2.05) is 0 Å². The van der Waals surface area contributed by atoms with Crippen LogP contribution in [0.15, 0.2) is 48.8 Å². The lowest BCUT2D eigenvalue weighted by Crippen LogP contribution is -2.43. The van der Waals surface area contributed by atoms with Crippen molar-refractivity contribution >= 4 is 0 Å². The van der Waals surface area contributed by atoms with Crippen LogP contribution in [0.5, 0.6) is 0 Å². The molecule has 3 fully saturated rings. The number of fused-ring (bicyclic) bond motifs is 3. The maximum absolute atomic E-state index is 12.6. The molecule has 2 heteroatoms. The fourth-order valence-electron chi connectivity index (χ4n) is 4.48. The lowest BCUT2D eigenvalue weighted by atomic mass is 9.52. The highest BCUT2D eigenvalue weighted by Crippen LogP contribution is 2.58. The lowest BCUT2D eigenvalue weighted by Gasteiger charge is -2.52. The van der Waals surface area contributed by atoms with Crippen LogP contribution in [0.25, 0.3) is 0 Å². The third-order valence-corrected chi connectivity index (χ3v) is 6.45. The third-order valence-electron chi connectivity index (χ3n) is 6.45. The summed E-state index contributed by atoms with van der Waals surface area (Å²) in [5, 5.41) is 0. The average Bonchev–Trinajstić information content (AvgIpc) is 2.64. The third kappa shape index (κ3) is 3.14. The van der Waals surface area contributed by atoms with E-state index in [4.69, 9.17) is 5.73 Å². The molecule has 2 bridgehead atoms. The summed E-state index contributed by atoms with van der Waals surface area (Å²) in [5.74, 6) is 0. The quantitative estimate of drug-likeness (QED) is 0.717. The van der Waals surface area contributed by atoms with E-state index in [2.05, 4.69) is 36.9 Å². The SMILES string of the molecule is C=CC12CCC(c3ccc(CC/C(=C/F)CN)cc3)(CC1)CC2. The minimum Gasteiger partial charge on any atom is -0.327 e. The molecule has 0 aliphatic heterocycles. The highest BCUT2D eigenvalue weighted by molar-refractivity contribution is 5.32. The number of benzene rings is 1. The van der Waals surface area contributed by atoms with E-state index in [1.165, 1.54) is 49.7 Å². The zero-order chi connectivity index (χ0) is 16.3. The smallest absolute Gasteiger partial charge is 0.0871 e. The Morgan fingerprint density at radius 2 is 1.70 bits per heavy atom. The van der Waals surface area contributed by atoms with Crippen LogP contribution in [0.1, 0.15) is 56.1 Å². The predicted octanol–water partition coefficient (Wildman–Crippen LogP) is 5.21. The second-order valence-electron chi connectivity index (χ2n) is 7.52. The van der Waals surface area contributed by atoms with Crippen molar-refractivity contribution < 1.29 is 4.39 Å². The first-order valence-electron chi connectivity index (χ1n) is 8.87. The number of rotatable bonds is 6. The first-order chi connectivity index (χ1) is 11.2. The van der Waals surface area contributed by atoms with Gasteiger partial charge in [-0.2, -0.15) is 0 Å². The Bertz CT molecular complexity index is 560. The van der Waals surface area contributed by atoms with Crippen LogP contribution in [0.3, 0.4) is 0 Å². The van der Waals surface area contributed by atoms with E-state index in [0.717, 1.165) is 6.42 Å². The Balaban J connectivity index is 1.67. The minimum atomic E-state index is 0.308. The van der Waals surface area contributed by atoms with Gasteiger partial charge in [-0.3, -0.25) is 0 Å². The molecule has 0 aromatic heterocycles. The molecule has 0 amide bonds. The molecule has 0 radical (unpaired) electrons. The highest BCUT2D eigenvalue weighted by Gasteiger charge is 2.47. The number of aryl methyl sites for hydroxylation is 1. The summed E-state index contributed by atoms with van der Waals surface area (Å²) in [5.41, 5.74) is 9.79. The maximum atomic E-state index is 12.6. The van der Waals surface area contributed by atoms with Gasteiger partial charge in [0.05, 0.1) is 6.33 Å². The molecule has 0 atom stereocenters. The molecule has 1 aromatic rings. The highest BCUT2D eigenvalue weighted by atomic mass is 19.1. The Hall–Kier alpha value is -1.41. The van der Waals surface area contributed by atoms with Crippen LogP contribution in [-0.4, -0.2) is 6.54 Å². The summed E-state index contributed by atoms with van der Waals surface area (Å²) >= 11 is 0. The molecular formula is C21H28FN. The van der Waals surface area contributed by atoms with E-state index in [1.54, 1.807) is 0 Å². The molecule has 1 nitrogen and oxygen atoms in total. The molecule has 3 aliphatic carbocycles. The molecular weight excluding hydrogens is 285 g/mol. The van der Waals surface area contributed by atoms with Crippen molar-refractivity contribution in [1.82, 2.24) is 0 Å². The molecule has 2 N–H and O–H groups in total. The second-order valence-corrected chi connectivity index (χ2v) is 7.52. The second kappa shape index (κ2) is 6.60. The van der Waals surface area contributed by atoms with Crippen molar-refractivity contribution in [3.8, 4) is 0 Å². The van der Waals surface area contributed by atoms with Gasteiger partial charge in [-0.15, -0.1) is 6.58 Å². The summed E-state index contributed by atoms with van der Waals surface area (Å²) in [4.78, 5) is 0. The van der Waals surface area contributed by atoms with Crippen LogP contribution in [0, 0.1) is 5.41 Å². The first kappa shape index (κ1) is 16.4. The van der Waals surface area contributed by atoms with Gasteiger partial charge in [0.1, 0.15) is 0 Å². The van der Waals surface area contributed by atoms with Crippen LogP contribution >= 0.6 is 0 Å². The molecule has 3 aliphatic rings. The number of hydrogen-bond donors (Lipinski definition) is 1. The van der Waals surface area contributed by atoms with Gasteiger partial charge in [0.25, 0.3) is 0 Å². The largest absolute Gasteiger partial charge is 0.327 e. The lowest BCUT2D eigenvalue weighted by molar-refractivity contribution is 0.0793. The Morgan fingerprint density at radius 1 is 1.09 bits per heavy atom. The van der Waals surface area contributed by atoms with Gasteiger partial charge in [0.15, 0.2) is 0 Å². The van der Waals surface area contributed by atoms with Gasteiger partial charge < -0.3 is 5.73 Å². The zero-order valence-electron chi connectivity index (χ0n) is 14.0. The zero-order valence-corrected chi connectivity index (χ0v) is 14.0. The Morgan fingerprint density at radius 3 is 2.17 bits per heavy atom. The van der Waals surface area contributed by atoms with Gasteiger partial charge in [0, 0.05) is 6.54 Å². The van der Waals surface area contributed by atoms with Crippen LogP contribution in [-0.2, 0) is 11.8 Å². The number of halogens is 1. The summed E-state index contributed by atoms with van der Waals surface area (Å²) in [7, 11) is 0. The van der Waals surface area contributed by atoms with E-state index in [9.17, 15) is 4.39 Å².